The minimum Gasteiger partial charge on any atom is -0.449 e. The molecule has 0 unspecified atom stereocenters. The Bertz CT molecular complexity index is 1010. The van der Waals surface area contributed by atoms with Crippen molar-refractivity contribution in [1.29, 1.82) is 0 Å². The molecule has 1 aromatic heterocycles. The molecule has 1 saturated heterocycles. The van der Waals surface area contributed by atoms with E-state index in [0.29, 0.717) is 17.7 Å². The van der Waals surface area contributed by atoms with Crippen LogP contribution in [0.1, 0.15) is 5.56 Å². The van der Waals surface area contributed by atoms with Crippen molar-refractivity contribution in [2.75, 3.05) is 31.1 Å². The van der Waals surface area contributed by atoms with Crippen molar-refractivity contribution in [3.63, 3.8) is 0 Å². The van der Waals surface area contributed by atoms with Crippen molar-refractivity contribution in [2.45, 2.75) is 6.54 Å². The van der Waals surface area contributed by atoms with Gasteiger partial charge in [0.1, 0.15) is 11.4 Å². The van der Waals surface area contributed by atoms with Gasteiger partial charge < -0.3 is 19.2 Å². The molecule has 1 aliphatic rings. The highest BCUT2D eigenvalue weighted by molar-refractivity contribution is 9.10. The number of hydrogen-bond donors (Lipinski definition) is 1. The van der Waals surface area contributed by atoms with Gasteiger partial charge in [0.2, 0.25) is 0 Å². The summed E-state index contributed by atoms with van der Waals surface area (Å²) < 4.78 is 24.7. The zero-order valence-corrected chi connectivity index (χ0v) is 16.5. The van der Waals surface area contributed by atoms with E-state index >= 15 is 0 Å². The van der Waals surface area contributed by atoms with Crippen LogP contribution in [0.4, 0.5) is 14.9 Å². The van der Waals surface area contributed by atoms with Gasteiger partial charge in [-0.2, -0.15) is 0 Å². The lowest BCUT2D eigenvalue weighted by molar-refractivity contribution is 0.134. The van der Waals surface area contributed by atoms with Gasteiger partial charge in [-0.25, -0.2) is 9.18 Å². The molecular formula is C20H18BrFN2O4. The second-order valence-electron chi connectivity index (χ2n) is 6.60. The first kappa shape index (κ1) is 18.8. The number of carboxylic acid groups (broad SMARTS) is 1. The number of anilines is 1. The Kier molecular flexibility index (Phi) is 5.23. The van der Waals surface area contributed by atoms with Gasteiger partial charge in [0.05, 0.1) is 10.2 Å². The third-order valence-electron chi connectivity index (χ3n) is 4.84. The third-order valence-corrected chi connectivity index (χ3v) is 5.68. The molecule has 2 aromatic carbocycles. The Morgan fingerprint density at radius 2 is 1.93 bits per heavy atom. The molecule has 0 radical (unpaired) electrons. The number of rotatable bonds is 4. The zero-order chi connectivity index (χ0) is 19.7. The molecule has 1 aliphatic heterocycles. The van der Waals surface area contributed by atoms with Crippen molar-refractivity contribution in [2.24, 2.45) is 0 Å². The Labute approximate surface area is 169 Å². The van der Waals surface area contributed by atoms with Crippen LogP contribution in [-0.4, -0.2) is 42.3 Å². The Balaban J connectivity index is 1.47. The first-order valence-electron chi connectivity index (χ1n) is 8.85. The minimum absolute atomic E-state index is 0.0601. The fourth-order valence-corrected chi connectivity index (χ4v) is 4.13. The van der Waals surface area contributed by atoms with Gasteiger partial charge in [0, 0.05) is 49.7 Å². The summed E-state index contributed by atoms with van der Waals surface area (Å²) >= 11 is 3.61. The second-order valence-corrected chi connectivity index (χ2v) is 7.39. The van der Waals surface area contributed by atoms with E-state index in [-0.39, 0.29) is 11.8 Å². The van der Waals surface area contributed by atoms with Gasteiger partial charge in [-0.05, 0) is 34.1 Å². The van der Waals surface area contributed by atoms with Crippen molar-refractivity contribution < 1.29 is 23.4 Å². The van der Waals surface area contributed by atoms with Crippen LogP contribution in [0.15, 0.2) is 51.4 Å². The predicted molar refractivity (Wildman–Crippen MR) is 106 cm³/mol. The van der Waals surface area contributed by atoms with E-state index in [1.807, 2.05) is 18.2 Å². The SMILES string of the molecule is O=C(O)Oc1cc2c(Br)c(N3CCN(Cc4ccccc4F)CC3)ccc2o1. The molecule has 2 heterocycles. The average Bonchev–Trinajstić information content (AvgIpc) is 3.07. The number of benzene rings is 2. The van der Waals surface area contributed by atoms with Crippen LogP contribution in [0.5, 0.6) is 5.95 Å². The normalized spacial score (nSPS) is 15.1. The first-order valence-corrected chi connectivity index (χ1v) is 9.64. The maximum atomic E-state index is 13.9. The van der Waals surface area contributed by atoms with Crippen LogP contribution in [0.25, 0.3) is 11.0 Å². The molecule has 146 valence electrons. The fourth-order valence-electron chi connectivity index (χ4n) is 3.44. The molecular weight excluding hydrogens is 431 g/mol. The van der Waals surface area contributed by atoms with Crippen LogP contribution in [-0.2, 0) is 6.54 Å². The topological polar surface area (TPSA) is 66.2 Å². The first-order chi connectivity index (χ1) is 13.5. The molecule has 6 nitrogen and oxygen atoms in total. The smallest absolute Gasteiger partial charge is 0.449 e. The van der Waals surface area contributed by atoms with E-state index in [4.69, 9.17) is 9.52 Å². The second kappa shape index (κ2) is 7.81. The molecule has 0 atom stereocenters. The van der Waals surface area contributed by atoms with Crippen molar-refractivity contribution in [1.82, 2.24) is 4.90 Å². The van der Waals surface area contributed by atoms with Crippen molar-refractivity contribution in [3.8, 4) is 5.95 Å². The molecule has 0 bridgehead atoms. The molecule has 28 heavy (non-hydrogen) atoms. The fraction of sp³-hybridized carbons (Fsp3) is 0.250. The lowest BCUT2D eigenvalue weighted by Gasteiger charge is -2.36. The standard InChI is InChI=1S/C20H18BrFN2O4/c21-19-14-11-18(28-20(25)26)27-17(14)6-5-16(19)24-9-7-23(8-10-24)12-13-3-1-2-4-15(13)22/h1-6,11H,7-10,12H2,(H,25,26). The third kappa shape index (κ3) is 3.83. The van der Waals surface area contributed by atoms with Crippen LogP contribution in [0, 0.1) is 5.82 Å². The predicted octanol–water partition coefficient (Wildman–Crippen LogP) is 4.71. The number of carbonyl (C=O) groups is 1. The number of ether oxygens (including phenoxy) is 1. The number of halogens is 2. The summed E-state index contributed by atoms with van der Waals surface area (Å²) in [6.07, 6.45) is -1.42. The zero-order valence-electron chi connectivity index (χ0n) is 14.9. The highest BCUT2D eigenvalue weighted by atomic mass is 79.9. The molecule has 0 spiro atoms. The number of furan rings is 1. The highest BCUT2D eigenvalue weighted by Gasteiger charge is 2.22. The van der Waals surface area contributed by atoms with E-state index in [1.165, 1.54) is 6.07 Å². The van der Waals surface area contributed by atoms with E-state index < -0.39 is 6.16 Å². The largest absolute Gasteiger partial charge is 0.513 e. The van der Waals surface area contributed by atoms with Gasteiger partial charge in [0.15, 0.2) is 0 Å². The monoisotopic (exact) mass is 448 g/mol. The molecule has 8 heteroatoms. The molecule has 1 fully saturated rings. The van der Waals surface area contributed by atoms with Crippen LogP contribution in [0.2, 0.25) is 0 Å². The summed E-state index contributed by atoms with van der Waals surface area (Å²) in [4.78, 5) is 15.2. The van der Waals surface area contributed by atoms with Crippen LogP contribution >= 0.6 is 15.9 Å². The van der Waals surface area contributed by atoms with E-state index in [2.05, 4.69) is 30.5 Å². The lowest BCUT2D eigenvalue weighted by Crippen LogP contribution is -2.46. The maximum absolute atomic E-state index is 13.9. The number of hydrogen-bond acceptors (Lipinski definition) is 5. The molecule has 4 rings (SSSR count). The number of nitrogens with zero attached hydrogens (tertiary/aromatic N) is 2. The quantitative estimate of drug-likeness (QED) is 0.582. The van der Waals surface area contributed by atoms with E-state index in [1.54, 1.807) is 18.2 Å². The Morgan fingerprint density at radius 1 is 1.18 bits per heavy atom. The Morgan fingerprint density at radius 3 is 2.64 bits per heavy atom. The minimum atomic E-state index is -1.42. The van der Waals surface area contributed by atoms with Gasteiger partial charge >= 0.3 is 6.16 Å². The summed E-state index contributed by atoms with van der Waals surface area (Å²) in [6.45, 7) is 3.83. The van der Waals surface area contributed by atoms with E-state index in [9.17, 15) is 9.18 Å². The Hall–Kier alpha value is -2.58. The van der Waals surface area contributed by atoms with Crippen molar-refractivity contribution >= 4 is 38.7 Å². The van der Waals surface area contributed by atoms with Gasteiger partial charge in [-0.3, -0.25) is 4.90 Å². The van der Waals surface area contributed by atoms with Crippen LogP contribution in [0.3, 0.4) is 0 Å². The molecule has 0 amide bonds. The lowest BCUT2D eigenvalue weighted by atomic mass is 10.1. The van der Waals surface area contributed by atoms with Crippen molar-refractivity contribution in [3.05, 3.63) is 58.3 Å². The summed E-state index contributed by atoms with van der Waals surface area (Å²) in [7, 11) is 0. The van der Waals surface area contributed by atoms with Crippen LogP contribution < -0.4 is 9.64 Å². The van der Waals surface area contributed by atoms with Gasteiger partial charge in [-0.15, -0.1) is 0 Å². The summed E-state index contributed by atoms with van der Waals surface area (Å²) in [5.74, 6) is -0.229. The molecule has 0 aliphatic carbocycles. The molecule has 0 saturated carbocycles. The molecule has 3 aromatic rings. The summed E-state index contributed by atoms with van der Waals surface area (Å²) in [5.41, 5.74) is 2.26. The number of fused-ring (bicyclic) bond motifs is 1. The summed E-state index contributed by atoms with van der Waals surface area (Å²) in [6, 6.07) is 12.2. The van der Waals surface area contributed by atoms with Gasteiger partial charge in [-0.1, -0.05) is 18.2 Å². The highest BCUT2D eigenvalue weighted by Crippen LogP contribution is 2.38. The van der Waals surface area contributed by atoms with E-state index in [0.717, 1.165) is 41.7 Å². The summed E-state index contributed by atoms with van der Waals surface area (Å²) in [5, 5.41) is 9.49. The average molecular weight is 449 g/mol. The molecule has 1 N–H and O–H groups in total. The number of piperazine rings is 1. The maximum Gasteiger partial charge on any atom is 0.513 e. The van der Waals surface area contributed by atoms with Gasteiger partial charge in [0.25, 0.3) is 5.95 Å².